The van der Waals surface area contributed by atoms with Gasteiger partial charge in [0.05, 0.1) is 11.6 Å². The number of nitrogens with zero attached hydrogens (tertiary/aromatic N) is 1. The molecule has 1 rings (SSSR count). The van der Waals surface area contributed by atoms with Crippen LogP contribution >= 0.6 is 27.5 Å². The lowest BCUT2D eigenvalue weighted by molar-refractivity contribution is 0.924. The molecule has 0 bridgehead atoms. The molecular formula is C10H9BrClN. The van der Waals surface area contributed by atoms with Gasteiger partial charge in [0.2, 0.25) is 0 Å². The first-order chi connectivity index (χ1) is 6.27. The van der Waals surface area contributed by atoms with Gasteiger partial charge in [0.25, 0.3) is 0 Å². The fourth-order valence-electron chi connectivity index (χ4n) is 1.13. The van der Waals surface area contributed by atoms with Gasteiger partial charge in [-0.25, -0.2) is 0 Å². The molecular weight excluding hydrogens is 249 g/mol. The Labute approximate surface area is 91.5 Å². The van der Waals surface area contributed by atoms with Crippen LogP contribution in [0.3, 0.4) is 0 Å². The third-order valence-corrected chi connectivity index (χ3v) is 2.53. The van der Waals surface area contributed by atoms with Crippen LogP contribution in [0.5, 0.6) is 0 Å². The van der Waals surface area contributed by atoms with E-state index in [2.05, 4.69) is 22.0 Å². The van der Waals surface area contributed by atoms with Crippen molar-refractivity contribution in [3.63, 3.8) is 0 Å². The Morgan fingerprint density at radius 2 is 2.23 bits per heavy atom. The van der Waals surface area contributed by atoms with Crippen LogP contribution in [0.25, 0.3) is 0 Å². The summed E-state index contributed by atoms with van der Waals surface area (Å²) in [5.74, 6) is 0.640. The second-order valence-electron chi connectivity index (χ2n) is 2.71. The molecule has 1 nitrogen and oxygen atoms in total. The quantitative estimate of drug-likeness (QED) is 0.761. The molecule has 0 saturated carbocycles. The maximum absolute atomic E-state index is 8.84. The largest absolute Gasteiger partial charge is 0.192 e. The summed E-state index contributed by atoms with van der Waals surface area (Å²) in [6.07, 6.45) is 1.79. The highest BCUT2D eigenvalue weighted by Gasteiger charge is 2.01. The highest BCUT2D eigenvalue weighted by Crippen LogP contribution is 2.17. The molecule has 0 atom stereocenters. The van der Waals surface area contributed by atoms with E-state index in [1.165, 1.54) is 0 Å². The SMILES string of the molecule is N#Cc1cc(Br)ccc1CCCCl. The maximum Gasteiger partial charge on any atom is 0.0994 e. The topological polar surface area (TPSA) is 23.8 Å². The van der Waals surface area contributed by atoms with Crippen molar-refractivity contribution in [1.29, 1.82) is 5.26 Å². The van der Waals surface area contributed by atoms with Gasteiger partial charge in [-0.2, -0.15) is 5.26 Å². The van der Waals surface area contributed by atoms with Crippen molar-refractivity contribution in [3.8, 4) is 6.07 Å². The number of rotatable bonds is 3. The average Bonchev–Trinajstić information content (AvgIpc) is 2.16. The van der Waals surface area contributed by atoms with Gasteiger partial charge >= 0.3 is 0 Å². The summed E-state index contributed by atoms with van der Waals surface area (Å²) < 4.78 is 0.943. The molecule has 1 aromatic carbocycles. The highest BCUT2D eigenvalue weighted by molar-refractivity contribution is 9.10. The zero-order chi connectivity index (χ0) is 9.68. The Hall–Kier alpha value is -0.520. The monoisotopic (exact) mass is 257 g/mol. The molecule has 13 heavy (non-hydrogen) atoms. The van der Waals surface area contributed by atoms with Gasteiger partial charge in [0.15, 0.2) is 0 Å². The number of nitriles is 1. The number of alkyl halides is 1. The molecule has 0 unspecified atom stereocenters. The fraction of sp³-hybridized carbons (Fsp3) is 0.300. The lowest BCUT2D eigenvalue weighted by Crippen LogP contribution is -1.91. The number of benzene rings is 1. The number of aryl methyl sites for hydroxylation is 1. The normalized spacial score (nSPS) is 9.62. The van der Waals surface area contributed by atoms with E-state index in [-0.39, 0.29) is 0 Å². The predicted octanol–water partition coefficient (Wildman–Crippen LogP) is 3.49. The number of hydrogen-bond acceptors (Lipinski definition) is 1. The number of hydrogen-bond donors (Lipinski definition) is 0. The minimum atomic E-state index is 0.640. The minimum Gasteiger partial charge on any atom is -0.192 e. The van der Waals surface area contributed by atoms with E-state index in [9.17, 15) is 0 Å². The van der Waals surface area contributed by atoms with Gasteiger partial charge in [-0.15, -0.1) is 11.6 Å². The first-order valence-electron chi connectivity index (χ1n) is 4.02. The molecule has 0 heterocycles. The molecule has 0 aliphatic rings. The molecule has 0 aliphatic carbocycles. The maximum atomic E-state index is 8.84. The van der Waals surface area contributed by atoms with Crippen molar-refractivity contribution < 1.29 is 0 Å². The Bertz CT molecular complexity index is 330. The summed E-state index contributed by atoms with van der Waals surface area (Å²) in [6.45, 7) is 0. The van der Waals surface area contributed by atoms with Crippen molar-refractivity contribution in [2.75, 3.05) is 5.88 Å². The summed E-state index contributed by atoms with van der Waals surface area (Å²) in [7, 11) is 0. The highest BCUT2D eigenvalue weighted by atomic mass is 79.9. The van der Waals surface area contributed by atoms with Crippen molar-refractivity contribution in [2.24, 2.45) is 0 Å². The summed E-state index contributed by atoms with van der Waals surface area (Å²) in [5.41, 5.74) is 1.81. The van der Waals surface area contributed by atoms with Gasteiger partial charge in [0, 0.05) is 10.4 Å². The molecule has 0 aliphatic heterocycles. The third-order valence-electron chi connectivity index (χ3n) is 1.77. The molecule has 3 heteroatoms. The lowest BCUT2D eigenvalue weighted by atomic mass is 10.0. The summed E-state index contributed by atoms with van der Waals surface area (Å²) in [6, 6.07) is 7.93. The third kappa shape index (κ3) is 3.02. The first-order valence-corrected chi connectivity index (χ1v) is 5.35. The Kier molecular flexibility index (Phi) is 4.27. The van der Waals surface area contributed by atoms with Crippen LogP contribution in [0.1, 0.15) is 17.5 Å². The molecule has 0 radical (unpaired) electrons. The van der Waals surface area contributed by atoms with E-state index >= 15 is 0 Å². The van der Waals surface area contributed by atoms with Crippen LogP contribution < -0.4 is 0 Å². The Morgan fingerprint density at radius 3 is 2.85 bits per heavy atom. The Morgan fingerprint density at radius 1 is 1.46 bits per heavy atom. The molecule has 0 N–H and O–H groups in total. The zero-order valence-corrected chi connectivity index (χ0v) is 9.40. The molecule has 0 amide bonds. The van der Waals surface area contributed by atoms with Crippen LogP contribution in [0.4, 0.5) is 0 Å². The van der Waals surface area contributed by atoms with Crippen LogP contribution in [-0.2, 0) is 6.42 Å². The first kappa shape index (κ1) is 10.6. The van der Waals surface area contributed by atoms with Gasteiger partial charge in [0.1, 0.15) is 0 Å². The van der Waals surface area contributed by atoms with Gasteiger partial charge in [-0.3, -0.25) is 0 Å². The molecule has 0 aromatic heterocycles. The average molecular weight is 259 g/mol. The standard InChI is InChI=1S/C10H9BrClN/c11-10-4-3-8(2-1-5-12)9(6-10)7-13/h3-4,6H,1-2,5H2. The molecule has 0 saturated heterocycles. The second kappa shape index (κ2) is 5.26. The predicted molar refractivity (Wildman–Crippen MR) is 57.9 cm³/mol. The van der Waals surface area contributed by atoms with E-state index in [0.717, 1.165) is 28.4 Å². The summed E-state index contributed by atoms with van der Waals surface area (Å²) >= 11 is 8.91. The lowest BCUT2D eigenvalue weighted by Gasteiger charge is -2.02. The van der Waals surface area contributed by atoms with E-state index in [1.54, 1.807) is 0 Å². The fourth-order valence-corrected chi connectivity index (χ4v) is 1.62. The van der Waals surface area contributed by atoms with Crippen LogP contribution in [-0.4, -0.2) is 5.88 Å². The van der Waals surface area contributed by atoms with Crippen molar-refractivity contribution in [2.45, 2.75) is 12.8 Å². The van der Waals surface area contributed by atoms with Gasteiger partial charge in [-0.1, -0.05) is 22.0 Å². The summed E-state index contributed by atoms with van der Waals surface area (Å²) in [5, 5.41) is 8.84. The van der Waals surface area contributed by atoms with Crippen molar-refractivity contribution in [1.82, 2.24) is 0 Å². The molecule has 0 spiro atoms. The summed E-state index contributed by atoms with van der Waals surface area (Å²) in [4.78, 5) is 0. The second-order valence-corrected chi connectivity index (χ2v) is 4.00. The van der Waals surface area contributed by atoms with Crippen LogP contribution in [0.15, 0.2) is 22.7 Å². The van der Waals surface area contributed by atoms with Gasteiger partial charge < -0.3 is 0 Å². The number of halogens is 2. The molecule has 0 fully saturated rings. The van der Waals surface area contributed by atoms with Crippen molar-refractivity contribution >= 4 is 27.5 Å². The smallest absolute Gasteiger partial charge is 0.0994 e. The minimum absolute atomic E-state index is 0.640. The zero-order valence-electron chi connectivity index (χ0n) is 7.06. The molecule has 68 valence electrons. The van der Waals surface area contributed by atoms with Crippen LogP contribution in [0.2, 0.25) is 0 Å². The van der Waals surface area contributed by atoms with Crippen LogP contribution in [0, 0.1) is 11.3 Å². The van der Waals surface area contributed by atoms with E-state index < -0.39 is 0 Å². The van der Waals surface area contributed by atoms with E-state index in [4.69, 9.17) is 16.9 Å². The van der Waals surface area contributed by atoms with E-state index in [0.29, 0.717) is 5.88 Å². The van der Waals surface area contributed by atoms with Crippen molar-refractivity contribution in [3.05, 3.63) is 33.8 Å². The van der Waals surface area contributed by atoms with Gasteiger partial charge in [-0.05, 0) is 30.5 Å². The molecule has 1 aromatic rings. The van der Waals surface area contributed by atoms with E-state index in [1.807, 2.05) is 18.2 Å². The Balaban J connectivity index is 2.88.